The van der Waals surface area contributed by atoms with Gasteiger partial charge in [0.15, 0.2) is 0 Å². The maximum Gasteiger partial charge on any atom is 0.350 e. The minimum absolute atomic E-state index is 0. The molecule has 0 bridgehead atoms. The molecule has 0 spiro atoms. The van der Waals surface area contributed by atoms with Crippen molar-refractivity contribution >= 4 is 73.5 Å². The molecule has 0 saturated carbocycles. The lowest BCUT2D eigenvalue weighted by Crippen LogP contribution is -2.18. The van der Waals surface area contributed by atoms with Crippen LogP contribution in [0.2, 0.25) is 0 Å². The van der Waals surface area contributed by atoms with E-state index < -0.39 is 5.97 Å². The fourth-order valence-electron chi connectivity index (χ4n) is 4.06. The van der Waals surface area contributed by atoms with Crippen molar-refractivity contribution in [3.8, 4) is 5.69 Å². The molecule has 2 aromatic heterocycles. The minimum atomic E-state index is -0.483. The summed E-state index contributed by atoms with van der Waals surface area (Å²) >= 11 is 1.22. The number of esters is 1. The normalized spacial score (nSPS) is 11.3. The van der Waals surface area contributed by atoms with Gasteiger partial charge in [0, 0.05) is 30.3 Å². The van der Waals surface area contributed by atoms with Gasteiger partial charge in [-0.25, -0.2) is 9.79 Å². The molecule has 0 atom stereocenters. The number of rotatable bonds is 4. The number of carbonyl (C=O) groups excluding carboxylic acids is 1. The Kier molecular flexibility index (Phi) is 6.41. The molecular weight excluding hydrogens is 470 g/mol. The number of halogens is 1. The van der Waals surface area contributed by atoms with Crippen molar-refractivity contribution in [1.29, 1.82) is 0 Å². The van der Waals surface area contributed by atoms with Crippen LogP contribution in [0.5, 0.6) is 0 Å². The number of thiophene rings is 1. The average Bonchev–Trinajstić information content (AvgIpc) is 3.21. The molecule has 5 rings (SSSR count). The molecule has 3 aromatic carbocycles. The summed E-state index contributed by atoms with van der Waals surface area (Å²) in [7, 11) is 5.07. The molecule has 0 N–H and O–H groups in total. The molecule has 0 saturated heterocycles. The Hall–Kier alpha value is -3.68. The number of fused-ring (bicyclic) bond motifs is 4. The molecule has 0 amide bonds. The third kappa shape index (κ3) is 3.73. The quantitative estimate of drug-likeness (QED) is 0.181. The molecule has 8 heteroatoms. The molecule has 0 aliphatic carbocycles. The van der Waals surface area contributed by atoms with Gasteiger partial charge in [0.25, 0.3) is 5.56 Å². The first kappa shape index (κ1) is 23.5. The Morgan fingerprint density at radius 1 is 0.971 bits per heavy atom. The Labute approximate surface area is 206 Å². The number of hydrogen-bond acceptors (Lipinski definition) is 5. The van der Waals surface area contributed by atoms with Crippen molar-refractivity contribution in [2.75, 3.05) is 21.2 Å². The number of pyridine rings is 1. The summed E-state index contributed by atoms with van der Waals surface area (Å²) in [6, 6.07) is 21.3. The molecular formula is C26H22ClN3O3S. The van der Waals surface area contributed by atoms with Crippen LogP contribution in [0.3, 0.4) is 0 Å². The number of hydrogen-bond donors (Lipinski definition) is 0. The molecule has 0 fully saturated rings. The fraction of sp³-hybridized carbons (Fsp3) is 0.115. The van der Waals surface area contributed by atoms with Crippen LogP contribution in [0.4, 0.5) is 5.69 Å². The zero-order valence-electron chi connectivity index (χ0n) is 18.8. The van der Waals surface area contributed by atoms with Crippen molar-refractivity contribution in [1.82, 2.24) is 9.47 Å². The smallest absolute Gasteiger partial charge is 0.350 e. The highest BCUT2D eigenvalue weighted by Gasteiger charge is 2.25. The predicted molar refractivity (Wildman–Crippen MR) is 143 cm³/mol. The molecule has 6 nitrogen and oxygen atoms in total. The van der Waals surface area contributed by atoms with E-state index >= 15 is 0 Å². The van der Waals surface area contributed by atoms with Crippen LogP contribution in [0.15, 0.2) is 76.5 Å². The lowest BCUT2D eigenvalue weighted by atomic mass is 10.1. The Morgan fingerprint density at radius 3 is 2.32 bits per heavy atom. The van der Waals surface area contributed by atoms with Crippen LogP contribution >= 0.6 is 23.7 Å². The number of benzene rings is 3. The number of methoxy groups -OCH3 is 1. The third-order valence-electron chi connectivity index (χ3n) is 5.49. The largest absolute Gasteiger partial charge is 0.465 e. The predicted octanol–water partition coefficient (Wildman–Crippen LogP) is 5.79. The zero-order chi connectivity index (χ0) is 23.1. The summed E-state index contributed by atoms with van der Waals surface area (Å²) in [5, 5.41) is 4.05. The van der Waals surface area contributed by atoms with Crippen molar-refractivity contribution in [2.24, 2.45) is 4.99 Å². The first-order chi connectivity index (χ1) is 16.0. The van der Waals surface area contributed by atoms with Crippen molar-refractivity contribution < 1.29 is 9.53 Å². The van der Waals surface area contributed by atoms with Crippen LogP contribution in [-0.4, -0.2) is 43.0 Å². The highest BCUT2D eigenvalue weighted by Crippen LogP contribution is 2.42. The van der Waals surface area contributed by atoms with Gasteiger partial charge >= 0.3 is 5.97 Å². The van der Waals surface area contributed by atoms with E-state index in [1.165, 1.54) is 18.4 Å². The molecule has 172 valence electrons. The number of nitrogens with zero attached hydrogens (tertiary/aromatic N) is 3. The van der Waals surface area contributed by atoms with E-state index in [0.717, 1.165) is 27.2 Å². The van der Waals surface area contributed by atoms with Gasteiger partial charge in [0.05, 0.1) is 19.1 Å². The number of ether oxygens (including phenoxy) is 1. The Balaban J connectivity index is 0.00000274. The zero-order valence-corrected chi connectivity index (χ0v) is 20.4. The summed E-state index contributed by atoms with van der Waals surface area (Å²) in [4.78, 5) is 34.0. The van der Waals surface area contributed by atoms with Gasteiger partial charge in [0.1, 0.15) is 15.4 Å². The van der Waals surface area contributed by atoms with Crippen LogP contribution < -0.4 is 5.56 Å². The van der Waals surface area contributed by atoms with Crippen LogP contribution in [0.1, 0.15) is 9.67 Å². The first-order valence-electron chi connectivity index (χ1n) is 10.4. The van der Waals surface area contributed by atoms with Crippen molar-refractivity contribution in [3.05, 3.63) is 82.0 Å². The van der Waals surface area contributed by atoms with E-state index in [9.17, 15) is 9.59 Å². The molecule has 5 aromatic rings. The van der Waals surface area contributed by atoms with Gasteiger partial charge in [-0.15, -0.1) is 23.7 Å². The maximum atomic E-state index is 13.8. The molecule has 0 aliphatic rings. The number of carbonyl (C=O) groups is 1. The van der Waals surface area contributed by atoms with Crippen LogP contribution in [0.25, 0.3) is 37.4 Å². The Morgan fingerprint density at radius 2 is 1.62 bits per heavy atom. The Bertz CT molecular complexity index is 1630. The molecule has 2 heterocycles. The van der Waals surface area contributed by atoms with Gasteiger partial charge in [-0.2, -0.15) is 0 Å². The number of aromatic nitrogens is 1. The number of aliphatic imine (C=N–C) groups is 1. The second-order valence-corrected chi connectivity index (χ2v) is 8.84. The average molecular weight is 492 g/mol. The van der Waals surface area contributed by atoms with Crippen molar-refractivity contribution in [2.45, 2.75) is 0 Å². The summed E-state index contributed by atoms with van der Waals surface area (Å²) in [6.07, 6.45) is 1.65. The third-order valence-corrected chi connectivity index (χ3v) is 6.64. The summed E-state index contributed by atoms with van der Waals surface area (Å²) in [6.45, 7) is 0. The highest BCUT2D eigenvalue weighted by molar-refractivity contribution is 7.21. The van der Waals surface area contributed by atoms with Gasteiger partial charge in [-0.1, -0.05) is 54.6 Å². The van der Waals surface area contributed by atoms with Crippen LogP contribution in [-0.2, 0) is 4.74 Å². The summed E-state index contributed by atoms with van der Waals surface area (Å²) < 4.78 is 6.77. The second kappa shape index (κ2) is 9.29. The van der Waals surface area contributed by atoms with Gasteiger partial charge in [0.2, 0.25) is 0 Å². The van der Waals surface area contributed by atoms with E-state index in [0.29, 0.717) is 20.8 Å². The van der Waals surface area contributed by atoms with E-state index in [2.05, 4.69) is 4.99 Å². The first-order valence-corrected chi connectivity index (χ1v) is 11.2. The van der Waals surface area contributed by atoms with Gasteiger partial charge < -0.3 is 9.64 Å². The van der Waals surface area contributed by atoms with Crippen LogP contribution in [0, 0.1) is 0 Å². The van der Waals surface area contributed by atoms with Gasteiger partial charge in [-0.05, 0) is 22.9 Å². The van der Waals surface area contributed by atoms with E-state index in [4.69, 9.17) is 4.74 Å². The fourth-order valence-corrected chi connectivity index (χ4v) is 5.25. The van der Waals surface area contributed by atoms with E-state index in [-0.39, 0.29) is 18.0 Å². The highest BCUT2D eigenvalue weighted by atomic mass is 35.5. The molecule has 0 radical (unpaired) electrons. The van der Waals surface area contributed by atoms with Gasteiger partial charge in [-0.3, -0.25) is 9.36 Å². The van der Waals surface area contributed by atoms with E-state index in [1.54, 1.807) is 15.8 Å². The van der Waals surface area contributed by atoms with Crippen molar-refractivity contribution in [3.63, 3.8) is 0 Å². The minimum Gasteiger partial charge on any atom is -0.465 e. The second-order valence-electron chi connectivity index (χ2n) is 7.84. The topological polar surface area (TPSA) is 63.9 Å². The van der Waals surface area contributed by atoms with E-state index in [1.807, 2.05) is 80.8 Å². The SMILES string of the molecule is COC(=O)c1sc2c(c1N=CN(C)C)c1ccccc1c(=O)n2-c1cccc2ccccc12.Cl. The lowest BCUT2D eigenvalue weighted by molar-refractivity contribution is 0.0607. The molecule has 0 unspecified atom stereocenters. The lowest BCUT2D eigenvalue weighted by Gasteiger charge is -2.13. The monoisotopic (exact) mass is 491 g/mol. The maximum absolute atomic E-state index is 13.8. The molecule has 34 heavy (non-hydrogen) atoms. The standard InChI is InChI=1S/C26H21N3O3S.ClH/c1-28(2)15-27-22-21-18-12-6-7-13-19(18)24(30)29(25(21)33-23(22)26(31)32-3)20-14-8-10-16-9-4-5-11-17(16)20;/h4-15H,1-3H3;1H. The molecule has 0 aliphatic heterocycles. The summed E-state index contributed by atoms with van der Waals surface area (Å²) in [5.41, 5.74) is 1.12. The summed E-state index contributed by atoms with van der Waals surface area (Å²) in [5.74, 6) is -0.483.